The van der Waals surface area contributed by atoms with Gasteiger partial charge in [-0.2, -0.15) is 0 Å². The van der Waals surface area contributed by atoms with E-state index in [4.69, 9.17) is 9.47 Å². The standard InChI is InChI=1S/C40H42N2O2/c1-4-12-32-17-20-40(43-3)37(28-32)33-19-21-39(34(29-33)13-5-2)44-27-11-7-6-10-24-42-25-22-31(23-26-42)16-18-35-30-41-38-15-9-8-14-36(35)38/h4-5,8-9,14-23,25-26,28-30H,1-2,6-7,10-13,24,27H2,3H3/p+1. The fraction of sp³-hybridized carbons (Fsp3) is 0.225. The lowest BCUT2D eigenvalue weighted by atomic mass is 9.97. The van der Waals surface area contributed by atoms with Crippen LogP contribution >= 0.6 is 0 Å². The minimum absolute atomic E-state index is 0.715. The molecule has 0 aliphatic rings. The van der Waals surface area contributed by atoms with E-state index in [1.54, 1.807) is 7.11 Å². The number of benzene rings is 3. The van der Waals surface area contributed by atoms with Crippen molar-refractivity contribution in [2.24, 2.45) is 0 Å². The third-order valence-electron chi connectivity index (χ3n) is 7.94. The second-order valence-electron chi connectivity index (χ2n) is 11.1. The average Bonchev–Trinajstić information content (AvgIpc) is 3.48. The highest BCUT2D eigenvalue weighted by atomic mass is 16.5. The van der Waals surface area contributed by atoms with Gasteiger partial charge in [0.1, 0.15) is 18.0 Å². The first kappa shape index (κ1) is 30.6. The molecule has 0 bridgehead atoms. The number of nitrogens with zero attached hydrogens (tertiary/aromatic N) is 1. The van der Waals surface area contributed by atoms with E-state index >= 15 is 0 Å². The normalized spacial score (nSPS) is 11.2. The molecule has 3 aromatic carbocycles. The summed E-state index contributed by atoms with van der Waals surface area (Å²) in [7, 11) is 1.72. The largest absolute Gasteiger partial charge is 0.496 e. The summed E-state index contributed by atoms with van der Waals surface area (Å²) in [6.45, 7) is 9.58. The topological polar surface area (TPSA) is 38.1 Å². The van der Waals surface area contributed by atoms with E-state index < -0.39 is 0 Å². The number of hydrogen-bond acceptors (Lipinski definition) is 2. The van der Waals surface area contributed by atoms with Gasteiger partial charge in [-0.25, -0.2) is 4.57 Å². The van der Waals surface area contributed by atoms with Crippen molar-refractivity contribution in [1.82, 2.24) is 4.98 Å². The van der Waals surface area contributed by atoms with Gasteiger partial charge in [0.05, 0.1) is 13.7 Å². The Hall–Kier alpha value is -4.83. The third kappa shape index (κ3) is 7.96. The van der Waals surface area contributed by atoms with E-state index in [9.17, 15) is 0 Å². The molecule has 2 aromatic heterocycles. The van der Waals surface area contributed by atoms with E-state index in [0.29, 0.717) is 6.61 Å². The Kier molecular flexibility index (Phi) is 10.8. The summed E-state index contributed by atoms with van der Waals surface area (Å²) < 4.78 is 14.2. The van der Waals surface area contributed by atoms with Crippen molar-refractivity contribution in [1.29, 1.82) is 0 Å². The zero-order valence-corrected chi connectivity index (χ0v) is 25.8. The Morgan fingerprint density at radius 2 is 1.59 bits per heavy atom. The van der Waals surface area contributed by atoms with E-state index in [-0.39, 0.29) is 0 Å². The van der Waals surface area contributed by atoms with Gasteiger partial charge in [0.2, 0.25) is 0 Å². The monoisotopic (exact) mass is 583 g/mol. The number of allylic oxidation sites excluding steroid dienone is 2. The molecular weight excluding hydrogens is 540 g/mol. The highest BCUT2D eigenvalue weighted by Gasteiger charge is 2.11. The molecule has 0 radical (unpaired) electrons. The van der Waals surface area contributed by atoms with Crippen molar-refractivity contribution in [3.8, 4) is 22.6 Å². The summed E-state index contributed by atoms with van der Waals surface area (Å²) in [6.07, 6.45) is 20.7. The minimum atomic E-state index is 0.715. The van der Waals surface area contributed by atoms with Gasteiger partial charge in [0, 0.05) is 41.2 Å². The first-order valence-electron chi connectivity index (χ1n) is 15.6. The number of para-hydroxylation sites is 1. The molecule has 1 N–H and O–H groups in total. The van der Waals surface area contributed by atoms with Gasteiger partial charge in [0.15, 0.2) is 12.4 Å². The molecule has 0 aliphatic carbocycles. The molecule has 5 aromatic rings. The Bertz CT molecular complexity index is 1710. The van der Waals surface area contributed by atoms with Crippen LogP contribution in [0.25, 0.3) is 34.2 Å². The van der Waals surface area contributed by atoms with Gasteiger partial charge >= 0.3 is 0 Å². The molecule has 4 nitrogen and oxygen atoms in total. The molecule has 0 atom stereocenters. The molecule has 4 heteroatoms. The van der Waals surface area contributed by atoms with Crippen LogP contribution in [-0.4, -0.2) is 18.7 Å². The molecule has 0 aliphatic heterocycles. The van der Waals surface area contributed by atoms with Gasteiger partial charge in [-0.15, -0.1) is 13.2 Å². The molecule has 0 saturated heterocycles. The van der Waals surface area contributed by atoms with Crippen LogP contribution in [0.4, 0.5) is 0 Å². The zero-order chi connectivity index (χ0) is 30.6. The number of methoxy groups -OCH3 is 1. The summed E-state index contributed by atoms with van der Waals surface area (Å²) >= 11 is 0. The van der Waals surface area contributed by atoms with Crippen LogP contribution < -0.4 is 14.0 Å². The number of nitrogens with one attached hydrogen (secondary N) is 1. The predicted molar refractivity (Wildman–Crippen MR) is 184 cm³/mol. The molecular formula is C40H43N2O2+. The highest BCUT2D eigenvalue weighted by Crippen LogP contribution is 2.34. The highest BCUT2D eigenvalue weighted by molar-refractivity contribution is 5.91. The van der Waals surface area contributed by atoms with Crippen LogP contribution in [0.3, 0.4) is 0 Å². The maximum Gasteiger partial charge on any atom is 0.169 e. The van der Waals surface area contributed by atoms with Gasteiger partial charge in [-0.1, -0.05) is 54.6 Å². The van der Waals surface area contributed by atoms with Crippen LogP contribution in [-0.2, 0) is 19.4 Å². The first-order valence-corrected chi connectivity index (χ1v) is 15.6. The van der Waals surface area contributed by atoms with E-state index in [2.05, 4.69) is 120 Å². The number of fused-ring (bicyclic) bond motifs is 1. The molecule has 5 rings (SSSR count). The summed E-state index contributed by atoms with van der Waals surface area (Å²) in [5.74, 6) is 1.80. The van der Waals surface area contributed by atoms with E-state index in [1.807, 2.05) is 18.2 Å². The number of unbranched alkanes of at least 4 members (excludes halogenated alkanes) is 3. The molecule has 0 fully saturated rings. The molecule has 0 saturated carbocycles. The number of aromatic nitrogens is 2. The van der Waals surface area contributed by atoms with Crippen molar-refractivity contribution in [3.63, 3.8) is 0 Å². The molecule has 0 unspecified atom stereocenters. The molecule has 0 amide bonds. The number of H-pyrrole nitrogens is 1. The van der Waals surface area contributed by atoms with Gasteiger partial charge < -0.3 is 14.5 Å². The lowest BCUT2D eigenvalue weighted by molar-refractivity contribution is -0.697. The fourth-order valence-electron chi connectivity index (χ4n) is 5.56. The molecule has 0 spiro atoms. The van der Waals surface area contributed by atoms with Gasteiger partial charge in [-0.05, 0) is 90.3 Å². The van der Waals surface area contributed by atoms with Crippen LogP contribution in [0, 0.1) is 0 Å². The lowest BCUT2D eigenvalue weighted by Gasteiger charge is -2.15. The number of rotatable bonds is 16. The first-order chi connectivity index (χ1) is 21.7. The number of pyridine rings is 1. The summed E-state index contributed by atoms with van der Waals surface area (Å²) in [4.78, 5) is 3.33. The van der Waals surface area contributed by atoms with Gasteiger partial charge in [-0.3, -0.25) is 0 Å². The summed E-state index contributed by atoms with van der Waals surface area (Å²) in [6, 6.07) is 25.5. The average molecular weight is 584 g/mol. The number of hydrogen-bond donors (Lipinski definition) is 1. The minimum Gasteiger partial charge on any atom is -0.496 e. The van der Waals surface area contributed by atoms with Gasteiger partial charge in [0.25, 0.3) is 0 Å². The lowest BCUT2D eigenvalue weighted by Crippen LogP contribution is -2.32. The quantitative estimate of drug-likeness (QED) is 0.0714. The van der Waals surface area contributed by atoms with E-state index in [1.165, 1.54) is 34.0 Å². The Morgan fingerprint density at radius 1 is 0.795 bits per heavy atom. The predicted octanol–water partition coefficient (Wildman–Crippen LogP) is 9.40. The summed E-state index contributed by atoms with van der Waals surface area (Å²) in [5, 5.41) is 1.25. The van der Waals surface area contributed by atoms with Crippen molar-refractivity contribution in [3.05, 3.63) is 139 Å². The zero-order valence-electron chi connectivity index (χ0n) is 25.8. The Balaban J connectivity index is 1.07. The maximum atomic E-state index is 6.24. The van der Waals surface area contributed by atoms with Crippen molar-refractivity contribution in [2.75, 3.05) is 13.7 Å². The SMILES string of the molecule is C=CCc1ccc(OC)c(-c2ccc(OCCCCCC[n+]3ccc(/C=C/c4c[nH]c5ccccc45)cc3)c(CC=C)c2)c1. The van der Waals surface area contributed by atoms with Crippen LogP contribution in [0.2, 0.25) is 0 Å². The van der Waals surface area contributed by atoms with E-state index in [0.717, 1.165) is 66.8 Å². The fourth-order valence-corrected chi connectivity index (χ4v) is 5.56. The molecule has 2 heterocycles. The smallest absolute Gasteiger partial charge is 0.169 e. The van der Waals surface area contributed by atoms with Crippen LogP contribution in [0.15, 0.2) is 117 Å². The Labute approximate surface area is 262 Å². The second-order valence-corrected chi connectivity index (χ2v) is 11.1. The van der Waals surface area contributed by atoms with Crippen molar-refractivity contribution < 1.29 is 14.0 Å². The number of aromatic amines is 1. The van der Waals surface area contributed by atoms with Crippen molar-refractivity contribution in [2.45, 2.75) is 45.1 Å². The summed E-state index contributed by atoms with van der Waals surface area (Å²) in [5.41, 5.74) is 8.13. The Morgan fingerprint density at radius 3 is 2.41 bits per heavy atom. The molecule has 224 valence electrons. The number of aryl methyl sites for hydroxylation is 1. The van der Waals surface area contributed by atoms with Crippen molar-refractivity contribution >= 4 is 23.1 Å². The maximum absolute atomic E-state index is 6.24. The van der Waals surface area contributed by atoms with Crippen LogP contribution in [0.1, 0.15) is 47.9 Å². The second kappa shape index (κ2) is 15.6. The van der Waals surface area contributed by atoms with Crippen LogP contribution in [0.5, 0.6) is 11.5 Å². The third-order valence-corrected chi connectivity index (χ3v) is 7.94. The number of ether oxygens (including phenoxy) is 2. The molecule has 44 heavy (non-hydrogen) atoms.